The fourth-order valence-corrected chi connectivity index (χ4v) is 3.10. The van der Waals surface area contributed by atoms with E-state index in [1.165, 1.54) is 11.3 Å². The molecule has 2 rings (SSSR count). The van der Waals surface area contributed by atoms with Crippen molar-refractivity contribution in [3.8, 4) is 0 Å². The molecular weight excluding hydrogens is 310 g/mol. The third-order valence-corrected chi connectivity index (χ3v) is 4.86. The summed E-state index contributed by atoms with van der Waals surface area (Å²) in [6, 6.07) is 11.9. The average molecular weight is 324 g/mol. The van der Waals surface area contributed by atoms with Crippen molar-refractivity contribution in [3.05, 3.63) is 56.2 Å². The lowest BCUT2D eigenvalue weighted by atomic mass is 10.1. The molecule has 18 heavy (non-hydrogen) atoms. The maximum atomic E-state index is 12.1. The van der Waals surface area contributed by atoms with E-state index < -0.39 is 0 Å². The van der Waals surface area contributed by atoms with Crippen LogP contribution >= 0.6 is 27.3 Å². The minimum absolute atomic E-state index is 0.0138. The summed E-state index contributed by atoms with van der Waals surface area (Å²) in [6.45, 7) is 3.97. The predicted molar refractivity (Wildman–Crippen MR) is 79.1 cm³/mol. The van der Waals surface area contributed by atoms with Crippen LogP contribution in [0, 0.1) is 6.92 Å². The summed E-state index contributed by atoms with van der Waals surface area (Å²) < 4.78 is 1.01. The Labute approximate surface area is 119 Å². The second kappa shape index (κ2) is 5.67. The van der Waals surface area contributed by atoms with Crippen molar-refractivity contribution in [2.75, 3.05) is 0 Å². The monoisotopic (exact) mass is 323 g/mol. The van der Waals surface area contributed by atoms with Gasteiger partial charge in [0, 0.05) is 0 Å². The molecule has 0 radical (unpaired) electrons. The molecule has 0 aliphatic heterocycles. The van der Waals surface area contributed by atoms with Crippen LogP contribution in [0.15, 0.2) is 40.2 Å². The van der Waals surface area contributed by atoms with Crippen LogP contribution in [-0.2, 0) is 0 Å². The molecule has 0 bridgehead atoms. The lowest BCUT2D eigenvalue weighted by molar-refractivity contribution is 0.0944. The first-order valence-corrected chi connectivity index (χ1v) is 7.30. The highest BCUT2D eigenvalue weighted by Gasteiger charge is 2.14. The van der Waals surface area contributed by atoms with Crippen LogP contribution in [0.5, 0.6) is 0 Å². The normalized spacial score (nSPS) is 12.2. The topological polar surface area (TPSA) is 29.1 Å². The van der Waals surface area contributed by atoms with Crippen molar-refractivity contribution in [3.63, 3.8) is 0 Å². The minimum Gasteiger partial charge on any atom is -0.345 e. The van der Waals surface area contributed by atoms with E-state index in [2.05, 4.69) is 21.2 Å². The third-order valence-electron chi connectivity index (χ3n) is 2.73. The minimum atomic E-state index is -0.0230. The van der Waals surface area contributed by atoms with E-state index in [9.17, 15) is 4.79 Å². The Morgan fingerprint density at radius 3 is 2.56 bits per heavy atom. The highest BCUT2D eigenvalue weighted by Crippen LogP contribution is 2.27. The second-order valence-corrected chi connectivity index (χ2v) is 6.54. The van der Waals surface area contributed by atoms with Crippen LogP contribution in [0.3, 0.4) is 0 Å². The maximum Gasteiger partial charge on any atom is 0.261 e. The van der Waals surface area contributed by atoms with Gasteiger partial charge in [0.15, 0.2) is 0 Å². The number of halogens is 1. The number of nitrogens with one attached hydrogen (secondary N) is 1. The van der Waals surface area contributed by atoms with Gasteiger partial charge in [0.1, 0.15) is 0 Å². The Morgan fingerprint density at radius 1 is 1.33 bits per heavy atom. The van der Waals surface area contributed by atoms with Gasteiger partial charge in [-0.25, -0.2) is 0 Å². The molecule has 0 fully saturated rings. The Hall–Kier alpha value is -1.13. The molecule has 0 aliphatic rings. The molecule has 2 aromatic rings. The molecular formula is C14H14BrNOS. The third kappa shape index (κ3) is 3.00. The van der Waals surface area contributed by atoms with Gasteiger partial charge in [-0.15, -0.1) is 11.3 Å². The molecule has 0 saturated carbocycles. The lowest BCUT2D eigenvalue weighted by Gasteiger charge is -2.13. The van der Waals surface area contributed by atoms with E-state index in [1.54, 1.807) is 0 Å². The number of rotatable bonds is 3. The quantitative estimate of drug-likeness (QED) is 0.895. The molecule has 1 aromatic heterocycles. The smallest absolute Gasteiger partial charge is 0.261 e. The summed E-state index contributed by atoms with van der Waals surface area (Å²) in [6.07, 6.45) is 0. The number of hydrogen-bond acceptors (Lipinski definition) is 2. The number of amides is 1. The number of aryl methyl sites for hydroxylation is 1. The molecule has 1 heterocycles. The number of thiophene rings is 1. The van der Waals surface area contributed by atoms with Crippen molar-refractivity contribution in [2.45, 2.75) is 19.9 Å². The molecule has 0 aliphatic carbocycles. The van der Waals surface area contributed by atoms with E-state index in [0.29, 0.717) is 0 Å². The molecule has 1 aromatic carbocycles. The van der Waals surface area contributed by atoms with E-state index in [0.717, 1.165) is 19.8 Å². The zero-order valence-electron chi connectivity index (χ0n) is 10.2. The van der Waals surface area contributed by atoms with Crippen molar-refractivity contribution in [1.29, 1.82) is 0 Å². The average Bonchev–Trinajstić information content (AvgIpc) is 2.71. The summed E-state index contributed by atoms with van der Waals surface area (Å²) >= 11 is 4.90. The molecule has 2 nitrogen and oxygen atoms in total. The molecule has 0 unspecified atom stereocenters. The van der Waals surface area contributed by atoms with Crippen molar-refractivity contribution in [2.24, 2.45) is 0 Å². The number of carbonyl (C=O) groups excluding carboxylic acids is 1. The van der Waals surface area contributed by atoms with Gasteiger partial charge in [-0.3, -0.25) is 4.79 Å². The fourth-order valence-electron chi connectivity index (χ4n) is 1.66. The summed E-state index contributed by atoms with van der Waals surface area (Å²) in [7, 11) is 0. The molecule has 1 atom stereocenters. The van der Waals surface area contributed by atoms with Gasteiger partial charge in [-0.2, -0.15) is 0 Å². The summed E-state index contributed by atoms with van der Waals surface area (Å²) in [4.78, 5) is 12.8. The predicted octanol–water partition coefficient (Wildman–Crippen LogP) is 4.31. The summed E-state index contributed by atoms with van der Waals surface area (Å²) in [5.74, 6) is -0.0230. The van der Waals surface area contributed by atoms with Gasteiger partial charge in [-0.1, -0.05) is 30.3 Å². The zero-order valence-corrected chi connectivity index (χ0v) is 12.6. The van der Waals surface area contributed by atoms with Crippen LogP contribution < -0.4 is 5.32 Å². The molecule has 1 amide bonds. The Morgan fingerprint density at radius 2 is 2.00 bits per heavy atom. The van der Waals surface area contributed by atoms with E-state index in [4.69, 9.17) is 0 Å². The SMILES string of the molecule is Cc1cc(C(=O)N[C@@H](C)c2ccccc2)sc1Br. The molecule has 4 heteroatoms. The molecule has 1 N–H and O–H groups in total. The van der Waals surface area contributed by atoms with Crippen LogP contribution in [0.4, 0.5) is 0 Å². The van der Waals surface area contributed by atoms with E-state index in [-0.39, 0.29) is 11.9 Å². The maximum absolute atomic E-state index is 12.1. The standard InChI is InChI=1S/C14H14BrNOS/c1-9-8-12(18-13(9)15)14(17)16-10(2)11-6-4-3-5-7-11/h3-8,10H,1-2H3,(H,16,17)/t10-/m0/s1. The second-order valence-electron chi connectivity index (χ2n) is 4.17. The number of benzene rings is 1. The van der Waals surface area contributed by atoms with Crippen LogP contribution in [-0.4, -0.2) is 5.91 Å². The fraction of sp³-hybridized carbons (Fsp3) is 0.214. The molecule has 0 spiro atoms. The van der Waals surface area contributed by atoms with Gasteiger partial charge < -0.3 is 5.32 Å². The van der Waals surface area contributed by atoms with Gasteiger partial charge in [-0.05, 0) is 47.0 Å². The van der Waals surface area contributed by atoms with Crippen LogP contribution in [0.1, 0.15) is 33.8 Å². The molecule has 0 saturated heterocycles. The summed E-state index contributed by atoms with van der Waals surface area (Å²) in [5.41, 5.74) is 2.20. The number of carbonyl (C=O) groups is 1. The van der Waals surface area contributed by atoms with Crippen molar-refractivity contribution >= 4 is 33.2 Å². The Kier molecular flexibility index (Phi) is 4.19. The largest absolute Gasteiger partial charge is 0.345 e. The van der Waals surface area contributed by atoms with Crippen molar-refractivity contribution in [1.82, 2.24) is 5.32 Å². The van der Waals surface area contributed by atoms with Gasteiger partial charge in [0.05, 0.1) is 14.7 Å². The first kappa shape index (κ1) is 13.3. The highest BCUT2D eigenvalue weighted by atomic mass is 79.9. The Bertz CT molecular complexity index is 531. The first-order valence-electron chi connectivity index (χ1n) is 5.69. The number of hydrogen-bond donors (Lipinski definition) is 1. The Balaban J connectivity index is 2.08. The first-order chi connectivity index (χ1) is 8.58. The van der Waals surface area contributed by atoms with E-state index >= 15 is 0 Å². The van der Waals surface area contributed by atoms with Gasteiger partial charge in [0.2, 0.25) is 0 Å². The highest BCUT2D eigenvalue weighted by molar-refractivity contribution is 9.11. The summed E-state index contributed by atoms with van der Waals surface area (Å²) in [5, 5.41) is 3.00. The van der Waals surface area contributed by atoms with Gasteiger partial charge >= 0.3 is 0 Å². The van der Waals surface area contributed by atoms with E-state index in [1.807, 2.05) is 50.2 Å². The zero-order chi connectivity index (χ0) is 13.1. The van der Waals surface area contributed by atoms with Crippen LogP contribution in [0.2, 0.25) is 0 Å². The lowest BCUT2D eigenvalue weighted by Crippen LogP contribution is -2.25. The van der Waals surface area contributed by atoms with Crippen LogP contribution in [0.25, 0.3) is 0 Å². The molecule has 94 valence electrons. The van der Waals surface area contributed by atoms with Crippen molar-refractivity contribution < 1.29 is 4.79 Å². The van der Waals surface area contributed by atoms with Gasteiger partial charge in [0.25, 0.3) is 5.91 Å².